The summed E-state index contributed by atoms with van der Waals surface area (Å²) >= 11 is 5.69. The zero-order valence-electron chi connectivity index (χ0n) is 7.40. The number of ketones is 1. The third-order valence-electron chi connectivity index (χ3n) is 1.48. The topological polar surface area (TPSA) is 34.9 Å². The monoisotopic (exact) mass is 348 g/mol. The Bertz CT molecular complexity index is 400. The van der Waals surface area contributed by atoms with E-state index < -0.39 is 11.9 Å². The molecule has 0 saturated carbocycles. The summed E-state index contributed by atoms with van der Waals surface area (Å²) in [6, 6.07) is 0. The summed E-state index contributed by atoms with van der Waals surface area (Å²) in [6.07, 6.45) is -4.54. The van der Waals surface area contributed by atoms with Gasteiger partial charge in [-0.25, -0.2) is 4.68 Å². The van der Waals surface area contributed by atoms with Crippen molar-refractivity contribution < 1.29 is 18.0 Å². The number of hydrogen-bond donors (Lipinski definition) is 0. The van der Waals surface area contributed by atoms with Gasteiger partial charge in [-0.15, -0.1) is 0 Å². The maximum atomic E-state index is 12.4. The minimum Gasteiger partial charge on any atom is -0.298 e. The Balaban J connectivity index is 3.18. The average molecular weight is 350 g/mol. The molecule has 1 aromatic rings. The van der Waals surface area contributed by atoms with E-state index >= 15 is 0 Å². The molecule has 84 valence electrons. The standard InChI is InChI=1S/C7H5Br2F3N2O/c1-3(15)2-14-6(9)4(8)5(13-14)7(10,11)12/h2H2,1H3. The molecule has 0 amide bonds. The SMILES string of the molecule is CC(=O)Cn1nc(C(F)(F)F)c(Br)c1Br. The first-order chi connectivity index (χ1) is 6.73. The zero-order valence-corrected chi connectivity index (χ0v) is 10.6. The number of hydrogen-bond acceptors (Lipinski definition) is 2. The maximum Gasteiger partial charge on any atom is 0.436 e. The lowest BCUT2D eigenvalue weighted by atomic mass is 10.4. The quantitative estimate of drug-likeness (QED) is 0.822. The van der Waals surface area contributed by atoms with E-state index in [-0.39, 0.29) is 21.4 Å². The number of nitrogens with zero attached hydrogens (tertiary/aromatic N) is 2. The zero-order chi connectivity index (χ0) is 11.8. The normalized spacial score (nSPS) is 11.9. The summed E-state index contributed by atoms with van der Waals surface area (Å²) in [5, 5.41) is 3.30. The van der Waals surface area contributed by atoms with Gasteiger partial charge >= 0.3 is 6.18 Å². The molecule has 0 saturated heterocycles. The Labute approximate surface area is 99.9 Å². The van der Waals surface area contributed by atoms with Crippen LogP contribution >= 0.6 is 31.9 Å². The van der Waals surface area contributed by atoms with Crippen molar-refractivity contribution >= 4 is 37.6 Å². The fourth-order valence-corrected chi connectivity index (χ4v) is 1.82. The van der Waals surface area contributed by atoms with Gasteiger partial charge in [-0.2, -0.15) is 18.3 Å². The van der Waals surface area contributed by atoms with E-state index in [4.69, 9.17) is 0 Å². The van der Waals surface area contributed by atoms with Crippen molar-refractivity contribution in [3.8, 4) is 0 Å². The Hall–Kier alpha value is -0.370. The summed E-state index contributed by atoms with van der Waals surface area (Å²) < 4.78 is 38.0. The van der Waals surface area contributed by atoms with E-state index in [0.29, 0.717) is 0 Å². The van der Waals surface area contributed by atoms with Gasteiger partial charge in [0.05, 0.1) is 4.47 Å². The van der Waals surface area contributed by atoms with Crippen molar-refractivity contribution in [3.05, 3.63) is 14.8 Å². The van der Waals surface area contributed by atoms with Crippen molar-refractivity contribution in [1.29, 1.82) is 0 Å². The smallest absolute Gasteiger partial charge is 0.298 e. The average Bonchev–Trinajstić information content (AvgIpc) is 2.30. The third kappa shape index (κ3) is 2.81. The molecule has 0 unspecified atom stereocenters. The summed E-state index contributed by atoms with van der Waals surface area (Å²) in [5.41, 5.74) is -1.05. The van der Waals surface area contributed by atoms with Crippen LogP contribution in [0.25, 0.3) is 0 Å². The molecule has 0 bridgehead atoms. The van der Waals surface area contributed by atoms with E-state index in [0.717, 1.165) is 4.68 Å². The van der Waals surface area contributed by atoms with Crippen molar-refractivity contribution in [2.24, 2.45) is 0 Å². The van der Waals surface area contributed by atoms with Crippen molar-refractivity contribution in [2.45, 2.75) is 19.6 Å². The second-order valence-corrected chi connectivity index (χ2v) is 4.35. The molecule has 0 aliphatic heterocycles. The van der Waals surface area contributed by atoms with Gasteiger partial charge in [-0.05, 0) is 38.8 Å². The number of halogens is 5. The minimum atomic E-state index is -4.54. The molecule has 1 heterocycles. The first-order valence-electron chi connectivity index (χ1n) is 3.72. The molecular weight excluding hydrogens is 345 g/mol. The lowest BCUT2D eigenvalue weighted by Crippen LogP contribution is -2.11. The molecular formula is C7H5Br2F3N2O. The predicted octanol–water partition coefficient (Wildman–Crippen LogP) is 3.02. The molecule has 0 atom stereocenters. The van der Waals surface area contributed by atoms with Gasteiger partial charge in [-0.1, -0.05) is 0 Å². The molecule has 0 aromatic carbocycles. The Kier molecular flexibility index (Phi) is 3.59. The Morgan fingerprint density at radius 1 is 1.47 bits per heavy atom. The number of carbonyl (C=O) groups is 1. The molecule has 0 radical (unpaired) electrons. The van der Waals surface area contributed by atoms with Crippen molar-refractivity contribution in [2.75, 3.05) is 0 Å². The van der Waals surface area contributed by atoms with Crippen LogP contribution in [-0.2, 0) is 17.5 Å². The molecule has 0 fully saturated rings. The highest BCUT2D eigenvalue weighted by atomic mass is 79.9. The van der Waals surface area contributed by atoms with Crippen LogP contribution in [0.5, 0.6) is 0 Å². The van der Waals surface area contributed by atoms with Gasteiger partial charge in [0.25, 0.3) is 0 Å². The highest BCUT2D eigenvalue weighted by Gasteiger charge is 2.38. The summed E-state index contributed by atoms with van der Waals surface area (Å²) in [6.45, 7) is 1.07. The largest absolute Gasteiger partial charge is 0.436 e. The molecule has 1 aromatic heterocycles. The summed E-state index contributed by atoms with van der Waals surface area (Å²) in [7, 11) is 0. The van der Waals surface area contributed by atoms with Crippen LogP contribution in [-0.4, -0.2) is 15.6 Å². The van der Waals surface area contributed by atoms with Crippen molar-refractivity contribution in [3.63, 3.8) is 0 Å². The van der Waals surface area contributed by atoms with Crippen LogP contribution in [0.3, 0.4) is 0 Å². The fourth-order valence-electron chi connectivity index (χ4n) is 0.916. The molecule has 0 aliphatic carbocycles. The molecule has 0 aliphatic rings. The molecule has 15 heavy (non-hydrogen) atoms. The van der Waals surface area contributed by atoms with E-state index in [1.807, 2.05) is 0 Å². The number of Topliss-reactive ketones (excluding diaryl/α,β-unsaturated/α-hetero) is 1. The van der Waals surface area contributed by atoms with Gasteiger partial charge in [0, 0.05) is 0 Å². The van der Waals surface area contributed by atoms with Crippen LogP contribution in [0.15, 0.2) is 9.08 Å². The highest BCUT2D eigenvalue weighted by molar-refractivity contribution is 9.13. The molecule has 8 heteroatoms. The molecule has 1 rings (SSSR count). The lowest BCUT2D eigenvalue weighted by molar-refractivity contribution is -0.142. The van der Waals surface area contributed by atoms with E-state index in [1.165, 1.54) is 6.92 Å². The fraction of sp³-hybridized carbons (Fsp3) is 0.429. The second-order valence-electron chi connectivity index (χ2n) is 2.81. The van der Waals surface area contributed by atoms with Crippen LogP contribution < -0.4 is 0 Å². The Morgan fingerprint density at radius 2 is 2.00 bits per heavy atom. The number of rotatable bonds is 2. The maximum absolute atomic E-state index is 12.4. The summed E-state index contributed by atoms with van der Waals surface area (Å²) in [5.74, 6) is -0.278. The first-order valence-corrected chi connectivity index (χ1v) is 5.30. The number of aromatic nitrogens is 2. The molecule has 0 N–H and O–H groups in total. The highest BCUT2D eigenvalue weighted by Crippen LogP contribution is 2.37. The first kappa shape index (κ1) is 12.7. The van der Waals surface area contributed by atoms with Crippen LogP contribution in [0.1, 0.15) is 12.6 Å². The van der Waals surface area contributed by atoms with Crippen molar-refractivity contribution in [1.82, 2.24) is 9.78 Å². The van der Waals surface area contributed by atoms with Gasteiger partial charge in [0.15, 0.2) is 11.5 Å². The van der Waals surface area contributed by atoms with Crippen LogP contribution in [0, 0.1) is 0 Å². The van der Waals surface area contributed by atoms with Gasteiger partial charge < -0.3 is 0 Å². The second kappa shape index (κ2) is 4.25. The van der Waals surface area contributed by atoms with E-state index in [1.54, 1.807) is 0 Å². The van der Waals surface area contributed by atoms with Gasteiger partial charge in [0.1, 0.15) is 11.1 Å². The minimum absolute atomic E-state index is 0.102. The predicted molar refractivity (Wildman–Crippen MR) is 53.3 cm³/mol. The van der Waals surface area contributed by atoms with Crippen LogP contribution in [0.2, 0.25) is 0 Å². The number of carbonyl (C=O) groups excluding carboxylic acids is 1. The Morgan fingerprint density at radius 3 is 2.33 bits per heavy atom. The van der Waals surface area contributed by atoms with Crippen LogP contribution in [0.4, 0.5) is 13.2 Å². The molecule has 0 spiro atoms. The summed E-state index contributed by atoms with van der Waals surface area (Å²) in [4.78, 5) is 10.8. The van der Waals surface area contributed by atoms with E-state index in [2.05, 4.69) is 37.0 Å². The number of alkyl halides is 3. The lowest BCUT2D eigenvalue weighted by Gasteiger charge is -2.01. The van der Waals surface area contributed by atoms with Gasteiger partial charge in [0.2, 0.25) is 0 Å². The van der Waals surface area contributed by atoms with E-state index in [9.17, 15) is 18.0 Å². The van der Waals surface area contributed by atoms with Gasteiger partial charge in [-0.3, -0.25) is 4.79 Å². The molecule has 3 nitrogen and oxygen atoms in total. The third-order valence-corrected chi connectivity index (χ3v) is 3.57.